The number of carbonyl (C=O) groups is 1. The minimum atomic E-state index is -0.170. The number of hydrogen-bond acceptors (Lipinski definition) is 2. The molecule has 0 saturated heterocycles. The number of aryl methyl sites for hydroxylation is 1. The third-order valence-corrected chi connectivity index (χ3v) is 3.55. The second-order valence-corrected chi connectivity index (χ2v) is 5.41. The van der Waals surface area contributed by atoms with Crippen molar-refractivity contribution in [2.45, 2.75) is 39.2 Å². The van der Waals surface area contributed by atoms with E-state index in [1.54, 1.807) is 6.07 Å². The van der Waals surface area contributed by atoms with Crippen molar-refractivity contribution in [2.75, 3.05) is 6.61 Å². The van der Waals surface area contributed by atoms with Crippen molar-refractivity contribution < 1.29 is 9.90 Å². The molecule has 0 spiro atoms. The quantitative estimate of drug-likeness (QED) is 0.825. The molecule has 3 heteroatoms. The highest BCUT2D eigenvalue weighted by molar-refractivity contribution is 5.95. The topological polar surface area (TPSA) is 49.3 Å². The average molecular weight is 271 g/mol. The average Bonchev–Trinajstić information content (AvgIpc) is 3.14. The fraction of sp³-hybridized carbons (Fsp3) is 0.471. The van der Waals surface area contributed by atoms with E-state index in [2.05, 4.69) is 24.1 Å². The van der Waals surface area contributed by atoms with Crippen LogP contribution in [0.5, 0.6) is 0 Å². The summed E-state index contributed by atoms with van der Waals surface area (Å²) in [6.07, 6.45) is 3.46. The highest BCUT2D eigenvalue weighted by atomic mass is 16.2. The van der Waals surface area contributed by atoms with E-state index in [0.29, 0.717) is 17.5 Å². The minimum absolute atomic E-state index is 0.0237. The molecule has 0 heterocycles. The molecule has 3 nitrogen and oxygen atoms in total. The normalized spacial score (nSPS) is 19.9. The maximum absolute atomic E-state index is 12.2. The highest BCUT2D eigenvalue weighted by Crippen LogP contribution is 2.34. The molecule has 2 unspecified atom stereocenters. The first-order valence-corrected chi connectivity index (χ1v) is 7.16. The van der Waals surface area contributed by atoms with Crippen LogP contribution in [0.2, 0.25) is 0 Å². The number of carbonyl (C=O) groups excluding carboxylic acids is 1. The molecule has 0 radical (unpaired) electrons. The molecular formula is C17H21NO2. The molecule has 1 amide bonds. The Morgan fingerprint density at radius 1 is 1.45 bits per heavy atom. The number of aliphatic hydroxyl groups excluding tert-OH is 1. The Bertz CT molecular complexity index is 554. The summed E-state index contributed by atoms with van der Waals surface area (Å²) in [6.45, 7) is 3.94. The zero-order valence-electron chi connectivity index (χ0n) is 12.1. The van der Waals surface area contributed by atoms with Crippen LogP contribution < -0.4 is 5.32 Å². The van der Waals surface area contributed by atoms with Gasteiger partial charge in [-0.15, -0.1) is 0 Å². The van der Waals surface area contributed by atoms with Crippen molar-refractivity contribution in [3.8, 4) is 11.8 Å². The fourth-order valence-corrected chi connectivity index (χ4v) is 2.49. The predicted molar refractivity (Wildman–Crippen MR) is 79.4 cm³/mol. The third kappa shape index (κ3) is 3.85. The van der Waals surface area contributed by atoms with Crippen LogP contribution in [0.4, 0.5) is 0 Å². The van der Waals surface area contributed by atoms with E-state index in [0.717, 1.165) is 17.5 Å². The Kier molecular flexibility index (Phi) is 4.81. The van der Waals surface area contributed by atoms with Crippen LogP contribution in [0, 0.1) is 24.7 Å². The van der Waals surface area contributed by atoms with Crippen LogP contribution in [0.3, 0.4) is 0 Å². The molecule has 106 valence electrons. The lowest BCUT2D eigenvalue weighted by molar-refractivity contribution is 0.0948. The lowest BCUT2D eigenvalue weighted by Crippen LogP contribution is -2.27. The van der Waals surface area contributed by atoms with E-state index in [-0.39, 0.29) is 12.5 Å². The van der Waals surface area contributed by atoms with Gasteiger partial charge in [0.05, 0.1) is 0 Å². The van der Waals surface area contributed by atoms with Gasteiger partial charge in [0.15, 0.2) is 0 Å². The largest absolute Gasteiger partial charge is 0.384 e. The number of nitrogens with one attached hydrogen (secondary N) is 1. The van der Waals surface area contributed by atoms with Gasteiger partial charge in [0.25, 0.3) is 5.91 Å². The van der Waals surface area contributed by atoms with Crippen LogP contribution in [0.25, 0.3) is 0 Å². The van der Waals surface area contributed by atoms with Crippen molar-refractivity contribution in [1.29, 1.82) is 0 Å². The van der Waals surface area contributed by atoms with Gasteiger partial charge in [-0.05, 0) is 49.4 Å². The third-order valence-electron chi connectivity index (χ3n) is 3.55. The second-order valence-electron chi connectivity index (χ2n) is 5.41. The number of hydrogen-bond donors (Lipinski definition) is 2. The van der Waals surface area contributed by atoms with Crippen molar-refractivity contribution in [3.05, 3.63) is 34.9 Å². The Balaban J connectivity index is 2.04. The molecule has 1 fully saturated rings. The molecule has 1 aromatic rings. The molecule has 0 bridgehead atoms. The Labute approximate surface area is 120 Å². The van der Waals surface area contributed by atoms with Crippen molar-refractivity contribution in [2.24, 2.45) is 5.92 Å². The van der Waals surface area contributed by atoms with Gasteiger partial charge in [0.1, 0.15) is 6.61 Å². The lowest BCUT2D eigenvalue weighted by atomic mass is 10.1. The van der Waals surface area contributed by atoms with Gasteiger partial charge < -0.3 is 10.4 Å². The SMILES string of the molecule is CCCC1CC1NC(=O)c1cc(C)cc(C#CCO)c1. The standard InChI is InChI=1S/C17H21NO2/c1-3-5-14-11-16(14)18-17(20)15-9-12(2)8-13(10-15)6-4-7-19/h8-10,14,16,19H,3,5,7,11H2,1-2H3,(H,18,20). The van der Waals surface area contributed by atoms with E-state index in [4.69, 9.17) is 5.11 Å². The van der Waals surface area contributed by atoms with Gasteiger partial charge >= 0.3 is 0 Å². The van der Waals surface area contributed by atoms with Crippen molar-refractivity contribution in [1.82, 2.24) is 5.32 Å². The van der Waals surface area contributed by atoms with Gasteiger partial charge in [-0.25, -0.2) is 0 Å². The van der Waals surface area contributed by atoms with Crippen molar-refractivity contribution in [3.63, 3.8) is 0 Å². The van der Waals surface area contributed by atoms with Crippen molar-refractivity contribution >= 4 is 5.91 Å². The monoisotopic (exact) mass is 271 g/mol. The van der Waals surface area contributed by atoms with Crippen LogP contribution in [-0.2, 0) is 0 Å². The van der Waals surface area contributed by atoms with Crippen LogP contribution in [-0.4, -0.2) is 23.7 Å². The summed E-state index contributed by atoms with van der Waals surface area (Å²) in [5.41, 5.74) is 2.42. The molecule has 2 N–H and O–H groups in total. The molecule has 1 aliphatic carbocycles. The van der Waals surface area contributed by atoms with Gasteiger partial charge in [0.2, 0.25) is 0 Å². The van der Waals surface area contributed by atoms with E-state index in [1.165, 1.54) is 12.8 Å². The summed E-state index contributed by atoms with van der Waals surface area (Å²) in [5, 5.41) is 11.8. The zero-order valence-corrected chi connectivity index (χ0v) is 12.1. The fourth-order valence-electron chi connectivity index (χ4n) is 2.49. The maximum Gasteiger partial charge on any atom is 0.251 e. The summed E-state index contributed by atoms with van der Waals surface area (Å²) in [6, 6.07) is 5.91. The number of amides is 1. The summed E-state index contributed by atoms with van der Waals surface area (Å²) >= 11 is 0. The zero-order chi connectivity index (χ0) is 14.5. The first-order valence-electron chi connectivity index (χ1n) is 7.16. The molecule has 0 aromatic heterocycles. The number of aliphatic hydroxyl groups is 1. The Morgan fingerprint density at radius 3 is 2.95 bits per heavy atom. The second kappa shape index (κ2) is 6.58. The summed E-state index contributed by atoms with van der Waals surface area (Å²) in [5.74, 6) is 6.09. The molecule has 1 saturated carbocycles. The Morgan fingerprint density at radius 2 is 2.25 bits per heavy atom. The van der Waals surface area contributed by atoms with Gasteiger partial charge in [-0.1, -0.05) is 25.2 Å². The number of rotatable bonds is 4. The molecule has 2 atom stereocenters. The van der Waals surface area contributed by atoms with E-state index < -0.39 is 0 Å². The molecular weight excluding hydrogens is 250 g/mol. The molecule has 1 aliphatic rings. The molecule has 2 rings (SSSR count). The predicted octanol–water partition coefficient (Wildman–Crippen LogP) is 2.26. The van der Waals surface area contributed by atoms with E-state index in [9.17, 15) is 4.79 Å². The molecule has 20 heavy (non-hydrogen) atoms. The molecule has 0 aliphatic heterocycles. The first-order chi connectivity index (χ1) is 9.63. The van der Waals surface area contributed by atoms with E-state index in [1.807, 2.05) is 19.1 Å². The number of benzene rings is 1. The smallest absolute Gasteiger partial charge is 0.251 e. The summed E-state index contributed by atoms with van der Waals surface area (Å²) < 4.78 is 0. The van der Waals surface area contributed by atoms with Gasteiger partial charge in [-0.2, -0.15) is 0 Å². The van der Waals surface area contributed by atoms with E-state index >= 15 is 0 Å². The first kappa shape index (κ1) is 14.6. The van der Waals surface area contributed by atoms with Gasteiger partial charge in [-0.3, -0.25) is 4.79 Å². The van der Waals surface area contributed by atoms with Crippen LogP contribution >= 0.6 is 0 Å². The summed E-state index contributed by atoms with van der Waals surface area (Å²) in [4.78, 5) is 12.2. The Hall–Kier alpha value is -1.79. The highest BCUT2D eigenvalue weighted by Gasteiger charge is 2.37. The lowest BCUT2D eigenvalue weighted by Gasteiger charge is -2.06. The van der Waals surface area contributed by atoms with Crippen LogP contribution in [0.15, 0.2) is 18.2 Å². The summed E-state index contributed by atoms with van der Waals surface area (Å²) in [7, 11) is 0. The van der Waals surface area contributed by atoms with Crippen LogP contribution in [0.1, 0.15) is 47.7 Å². The molecule has 1 aromatic carbocycles. The van der Waals surface area contributed by atoms with Gasteiger partial charge in [0, 0.05) is 17.2 Å². The maximum atomic E-state index is 12.2. The minimum Gasteiger partial charge on any atom is -0.384 e.